The molecule has 1 saturated heterocycles. The lowest BCUT2D eigenvalue weighted by atomic mass is 9.83. The van der Waals surface area contributed by atoms with Crippen LogP contribution in [0.15, 0.2) is 11.5 Å². The van der Waals surface area contributed by atoms with E-state index >= 15 is 0 Å². The Kier molecular flexibility index (Phi) is 9.73. The minimum absolute atomic E-state index is 0.0232. The number of aliphatic hydroxyl groups is 1. The largest absolute Gasteiger partial charge is 0.530 e. The molecule has 230 valence electrons. The molecule has 41 heavy (non-hydrogen) atoms. The number of carbonyl (C=O) groups excluding carboxylic acids is 2. The SMILES string of the molecule is C[C@@H](O)[C@H]1C(=O)N2C(C(=O)OCC3CCC([N+](=O)[O-])CC3)=C(OP(=O)(OC3CCCCC3)OC3CCCCC3)C[C@H]12. The molecule has 5 aliphatic rings. The zero-order chi connectivity index (χ0) is 29.1. The van der Waals surface area contributed by atoms with Crippen LogP contribution in [-0.4, -0.2) is 63.8 Å². The summed E-state index contributed by atoms with van der Waals surface area (Å²) in [5, 5.41) is 21.3. The third-order valence-electron chi connectivity index (χ3n) is 9.33. The van der Waals surface area contributed by atoms with Crippen molar-refractivity contribution < 1.29 is 42.5 Å². The topological polar surface area (TPSA) is 155 Å². The molecule has 4 fully saturated rings. The number of ether oxygens (including phenoxy) is 1. The summed E-state index contributed by atoms with van der Waals surface area (Å²) in [5.41, 5.74) is -0.115. The first-order chi connectivity index (χ1) is 19.6. The predicted octanol–water partition coefficient (Wildman–Crippen LogP) is 5.01. The Morgan fingerprint density at radius 1 is 1.00 bits per heavy atom. The van der Waals surface area contributed by atoms with Crippen molar-refractivity contribution in [2.45, 2.75) is 134 Å². The maximum atomic E-state index is 14.2. The third kappa shape index (κ3) is 6.98. The Hall–Kier alpha value is -2.01. The maximum absolute atomic E-state index is 14.2. The molecule has 12 nitrogen and oxygen atoms in total. The van der Waals surface area contributed by atoms with E-state index in [1.165, 1.54) is 11.8 Å². The maximum Gasteiger partial charge on any atom is 0.530 e. The first-order valence-electron chi connectivity index (χ1n) is 15.4. The molecular weight excluding hydrogens is 555 g/mol. The number of aliphatic hydroxyl groups excluding tert-OH is 1. The van der Waals surface area contributed by atoms with Gasteiger partial charge in [-0.3, -0.25) is 28.9 Å². The molecule has 0 bridgehead atoms. The summed E-state index contributed by atoms with van der Waals surface area (Å²) in [4.78, 5) is 38.6. The van der Waals surface area contributed by atoms with Crippen molar-refractivity contribution in [2.24, 2.45) is 11.8 Å². The van der Waals surface area contributed by atoms with E-state index in [1.54, 1.807) is 0 Å². The monoisotopic (exact) mass is 598 g/mol. The highest BCUT2D eigenvalue weighted by Gasteiger charge is 2.59. The molecule has 2 aliphatic heterocycles. The second kappa shape index (κ2) is 13.1. The molecule has 0 aromatic heterocycles. The van der Waals surface area contributed by atoms with Crippen LogP contribution < -0.4 is 0 Å². The summed E-state index contributed by atoms with van der Waals surface area (Å²) < 4.78 is 38.1. The fraction of sp³-hybridized carbons (Fsp3) is 0.857. The van der Waals surface area contributed by atoms with Crippen LogP contribution in [0.5, 0.6) is 0 Å². The number of fused-ring (bicyclic) bond motifs is 1. The Balaban J connectivity index is 1.34. The van der Waals surface area contributed by atoms with Gasteiger partial charge < -0.3 is 14.4 Å². The van der Waals surface area contributed by atoms with Gasteiger partial charge in [-0.1, -0.05) is 38.5 Å². The molecule has 1 N–H and O–H groups in total. The van der Waals surface area contributed by atoms with E-state index in [1.807, 2.05) is 0 Å². The van der Waals surface area contributed by atoms with Gasteiger partial charge in [0.1, 0.15) is 5.76 Å². The van der Waals surface area contributed by atoms with Crippen LogP contribution >= 0.6 is 7.82 Å². The molecule has 2 heterocycles. The van der Waals surface area contributed by atoms with E-state index in [-0.39, 0.29) is 47.5 Å². The van der Waals surface area contributed by atoms with E-state index < -0.39 is 43.8 Å². The molecule has 3 aliphatic carbocycles. The van der Waals surface area contributed by atoms with Crippen LogP contribution in [0, 0.1) is 22.0 Å². The van der Waals surface area contributed by atoms with Gasteiger partial charge in [0, 0.05) is 24.2 Å². The lowest BCUT2D eigenvalue weighted by molar-refractivity contribution is -0.527. The van der Waals surface area contributed by atoms with Crippen LogP contribution in [0.2, 0.25) is 0 Å². The number of phosphoric ester groups is 1. The molecule has 0 radical (unpaired) electrons. The highest BCUT2D eigenvalue weighted by atomic mass is 31.2. The number of esters is 1. The van der Waals surface area contributed by atoms with Crippen molar-refractivity contribution in [3.63, 3.8) is 0 Å². The van der Waals surface area contributed by atoms with Crippen LogP contribution in [0.4, 0.5) is 0 Å². The molecule has 3 atom stereocenters. The molecule has 0 aromatic rings. The summed E-state index contributed by atoms with van der Waals surface area (Å²) in [5.74, 6) is -1.90. The molecule has 0 spiro atoms. The first-order valence-corrected chi connectivity index (χ1v) is 16.8. The number of nitrogens with zero attached hydrogens (tertiary/aromatic N) is 2. The van der Waals surface area contributed by atoms with Crippen LogP contribution in [0.25, 0.3) is 0 Å². The Morgan fingerprint density at radius 2 is 1.56 bits per heavy atom. The molecule has 1 amide bonds. The quantitative estimate of drug-likeness (QED) is 0.113. The van der Waals surface area contributed by atoms with E-state index in [2.05, 4.69) is 0 Å². The highest BCUT2D eigenvalue weighted by Crippen LogP contribution is 2.59. The number of carbonyl (C=O) groups is 2. The van der Waals surface area contributed by atoms with Gasteiger partial charge in [0.2, 0.25) is 11.9 Å². The van der Waals surface area contributed by atoms with Crippen molar-refractivity contribution in [1.29, 1.82) is 0 Å². The molecule has 0 aromatic carbocycles. The normalized spacial score (nSPS) is 30.5. The minimum atomic E-state index is -4.16. The number of β-lactam (4-membered cyclic amide) rings is 1. The molecule has 13 heteroatoms. The van der Waals surface area contributed by atoms with Gasteiger partial charge in [0.15, 0.2) is 5.70 Å². The van der Waals surface area contributed by atoms with Crippen LogP contribution in [0.1, 0.15) is 103 Å². The number of hydrogen-bond donors (Lipinski definition) is 1. The van der Waals surface area contributed by atoms with Crippen molar-refractivity contribution in [1.82, 2.24) is 4.90 Å². The number of phosphoric acid groups is 1. The summed E-state index contributed by atoms with van der Waals surface area (Å²) in [6.45, 7) is 1.59. The average molecular weight is 599 g/mol. The zero-order valence-corrected chi connectivity index (χ0v) is 24.7. The summed E-state index contributed by atoms with van der Waals surface area (Å²) in [6.07, 6.45) is 9.54. The van der Waals surface area contributed by atoms with Crippen molar-refractivity contribution in [2.75, 3.05) is 6.61 Å². The third-order valence-corrected chi connectivity index (χ3v) is 10.9. The Labute approximate surface area is 240 Å². The summed E-state index contributed by atoms with van der Waals surface area (Å²) >= 11 is 0. The van der Waals surface area contributed by atoms with Gasteiger partial charge in [-0.05, 0) is 51.4 Å². The zero-order valence-electron chi connectivity index (χ0n) is 23.8. The molecule has 3 saturated carbocycles. The van der Waals surface area contributed by atoms with Gasteiger partial charge in [-0.25, -0.2) is 9.36 Å². The van der Waals surface area contributed by atoms with Gasteiger partial charge in [0.25, 0.3) is 0 Å². The summed E-state index contributed by atoms with van der Waals surface area (Å²) in [7, 11) is -4.16. The minimum Gasteiger partial charge on any atom is -0.461 e. The number of nitro groups is 1. The molecular formula is C28H43N2O10P. The molecule has 5 rings (SSSR count). The Morgan fingerprint density at radius 3 is 2.07 bits per heavy atom. The highest BCUT2D eigenvalue weighted by molar-refractivity contribution is 7.48. The second-order valence-corrected chi connectivity index (χ2v) is 13.8. The van der Waals surface area contributed by atoms with Crippen LogP contribution in [0.3, 0.4) is 0 Å². The van der Waals surface area contributed by atoms with Gasteiger partial charge in [-0.15, -0.1) is 0 Å². The number of hydrogen-bond acceptors (Lipinski definition) is 10. The van der Waals surface area contributed by atoms with Crippen molar-refractivity contribution in [3.8, 4) is 0 Å². The summed E-state index contributed by atoms with van der Waals surface area (Å²) in [6, 6.07) is -1.09. The smallest absolute Gasteiger partial charge is 0.461 e. The fourth-order valence-electron chi connectivity index (χ4n) is 7.00. The Bertz CT molecular complexity index is 1040. The number of amides is 1. The van der Waals surface area contributed by atoms with Crippen molar-refractivity contribution >= 4 is 19.7 Å². The van der Waals surface area contributed by atoms with Crippen LogP contribution in [-0.2, 0) is 32.5 Å². The van der Waals surface area contributed by atoms with E-state index in [0.29, 0.717) is 25.7 Å². The van der Waals surface area contributed by atoms with E-state index in [4.69, 9.17) is 18.3 Å². The lowest BCUT2D eigenvalue weighted by Gasteiger charge is -2.44. The average Bonchev–Trinajstić information content (AvgIpc) is 3.25. The molecule has 0 unspecified atom stereocenters. The lowest BCUT2D eigenvalue weighted by Crippen LogP contribution is -2.61. The van der Waals surface area contributed by atoms with E-state index in [0.717, 1.165) is 64.2 Å². The van der Waals surface area contributed by atoms with Crippen molar-refractivity contribution in [3.05, 3.63) is 21.6 Å². The van der Waals surface area contributed by atoms with Gasteiger partial charge >= 0.3 is 13.8 Å². The van der Waals surface area contributed by atoms with Gasteiger partial charge in [0.05, 0.1) is 36.9 Å². The fourth-order valence-corrected chi connectivity index (χ4v) is 8.71. The number of rotatable bonds is 11. The standard InChI is InChI=1S/C28H43N2O10P/c1-18(31)25-23-16-24(40-41(36,38-21-8-4-2-5-9-21)39-22-10-6-3-7-11-22)26(29(23)27(25)32)28(33)37-17-19-12-14-20(15-13-19)30(34)35/h18-23,25,31H,2-17H2,1H3/t18-,19?,20?,23-,25-/m1/s1. The predicted molar refractivity (Wildman–Crippen MR) is 146 cm³/mol. The first kappa shape index (κ1) is 30.4. The second-order valence-electron chi connectivity index (χ2n) is 12.3. The van der Waals surface area contributed by atoms with Gasteiger partial charge in [-0.2, -0.15) is 0 Å². The van der Waals surface area contributed by atoms with E-state index in [9.17, 15) is 29.4 Å².